The average Bonchev–Trinajstić information content (AvgIpc) is 2.80. The lowest BCUT2D eigenvalue weighted by atomic mass is 10.1. The predicted octanol–water partition coefficient (Wildman–Crippen LogP) is 3.47. The van der Waals surface area contributed by atoms with Gasteiger partial charge in [0.15, 0.2) is 0 Å². The highest BCUT2D eigenvalue weighted by Gasteiger charge is 2.37. The first-order valence-corrected chi connectivity index (χ1v) is 7.71. The summed E-state index contributed by atoms with van der Waals surface area (Å²) in [6.45, 7) is 4.08. The van der Waals surface area contributed by atoms with Crippen LogP contribution >= 0.6 is 0 Å². The average molecular weight is 309 g/mol. The third-order valence-corrected chi connectivity index (χ3v) is 4.08. The highest BCUT2D eigenvalue weighted by molar-refractivity contribution is 6.21. The van der Waals surface area contributed by atoms with Crippen LogP contribution in [0, 0.1) is 12.8 Å². The van der Waals surface area contributed by atoms with Crippen molar-refractivity contribution in [2.75, 3.05) is 4.90 Å². The SMILES string of the molecule is Cc1ccccc1OCc1ccccc1N1C(=O)CC(C)C1=O. The standard InChI is InChI=1S/C19H19NO3/c1-13-7-3-6-10-17(13)23-12-15-8-4-5-9-16(15)20-18(21)11-14(2)19(20)22/h3-10,14H,11-12H2,1-2H3. The summed E-state index contributed by atoms with van der Waals surface area (Å²) in [7, 11) is 0. The Balaban J connectivity index is 1.86. The van der Waals surface area contributed by atoms with E-state index < -0.39 is 0 Å². The van der Waals surface area contributed by atoms with Gasteiger partial charge in [-0.1, -0.05) is 43.3 Å². The van der Waals surface area contributed by atoms with Crippen molar-refractivity contribution in [2.45, 2.75) is 26.9 Å². The number of hydrogen-bond donors (Lipinski definition) is 0. The van der Waals surface area contributed by atoms with E-state index in [0.29, 0.717) is 12.3 Å². The van der Waals surface area contributed by atoms with Crippen LogP contribution in [0.25, 0.3) is 0 Å². The monoisotopic (exact) mass is 309 g/mol. The van der Waals surface area contributed by atoms with Gasteiger partial charge in [-0.25, -0.2) is 4.90 Å². The molecule has 1 fully saturated rings. The third-order valence-electron chi connectivity index (χ3n) is 4.08. The Morgan fingerprint density at radius 2 is 1.78 bits per heavy atom. The lowest BCUT2D eigenvalue weighted by Gasteiger charge is -2.19. The maximum atomic E-state index is 12.3. The zero-order valence-electron chi connectivity index (χ0n) is 13.3. The van der Waals surface area contributed by atoms with E-state index in [0.717, 1.165) is 16.9 Å². The fraction of sp³-hybridized carbons (Fsp3) is 0.263. The Labute approximate surface area is 135 Å². The highest BCUT2D eigenvalue weighted by atomic mass is 16.5. The maximum Gasteiger partial charge on any atom is 0.237 e. The van der Waals surface area contributed by atoms with Crippen LogP contribution < -0.4 is 9.64 Å². The molecule has 1 aliphatic rings. The maximum absolute atomic E-state index is 12.3. The van der Waals surface area contributed by atoms with E-state index in [1.807, 2.05) is 49.4 Å². The van der Waals surface area contributed by atoms with Crippen molar-refractivity contribution in [3.8, 4) is 5.75 Å². The number of amides is 2. The van der Waals surface area contributed by atoms with Crippen molar-refractivity contribution in [1.29, 1.82) is 0 Å². The normalized spacial score (nSPS) is 17.7. The molecule has 0 bridgehead atoms. The van der Waals surface area contributed by atoms with E-state index in [9.17, 15) is 9.59 Å². The number of rotatable bonds is 4. The fourth-order valence-electron chi connectivity index (χ4n) is 2.76. The molecule has 0 N–H and O–H groups in total. The van der Waals surface area contributed by atoms with Gasteiger partial charge in [-0.05, 0) is 24.6 Å². The fourth-order valence-corrected chi connectivity index (χ4v) is 2.76. The van der Waals surface area contributed by atoms with E-state index in [4.69, 9.17) is 4.74 Å². The Morgan fingerprint density at radius 3 is 2.48 bits per heavy atom. The molecule has 0 saturated carbocycles. The molecule has 1 heterocycles. The van der Waals surface area contributed by atoms with Gasteiger partial charge in [-0.2, -0.15) is 0 Å². The Kier molecular flexibility index (Phi) is 4.15. The van der Waals surface area contributed by atoms with Crippen LogP contribution in [0.4, 0.5) is 5.69 Å². The first-order valence-electron chi connectivity index (χ1n) is 7.71. The van der Waals surface area contributed by atoms with E-state index in [1.165, 1.54) is 4.90 Å². The van der Waals surface area contributed by atoms with Crippen LogP contribution in [-0.2, 0) is 16.2 Å². The minimum absolute atomic E-state index is 0.140. The van der Waals surface area contributed by atoms with Crippen molar-refractivity contribution in [3.63, 3.8) is 0 Å². The summed E-state index contributed by atoms with van der Waals surface area (Å²) in [5.41, 5.74) is 2.50. The summed E-state index contributed by atoms with van der Waals surface area (Å²) in [4.78, 5) is 25.7. The van der Waals surface area contributed by atoms with Gasteiger partial charge in [-0.15, -0.1) is 0 Å². The largest absolute Gasteiger partial charge is 0.489 e. The molecule has 1 aliphatic heterocycles. The molecule has 4 nitrogen and oxygen atoms in total. The Hall–Kier alpha value is -2.62. The first kappa shape index (κ1) is 15.3. The molecular formula is C19H19NO3. The molecule has 0 spiro atoms. The molecule has 0 radical (unpaired) electrons. The second-order valence-electron chi connectivity index (χ2n) is 5.86. The molecule has 23 heavy (non-hydrogen) atoms. The van der Waals surface area contributed by atoms with E-state index in [1.54, 1.807) is 13.0 Å². The van der Waals surface area contributed by atoms with Gasteiger partial charge in [0.1, 0.15) is 12.4 Å². The minimum atomic E-state index is -0.257. The van der Waals surface area contributed by atoms with Crippen molar-refractivity contribution in [2.24, 2.45) is 5.92 Å². The lowest BCUT2D eigenvalue weighted by Crippen LogP contribution is -2.31. The van der Waals surface area contributed by atoms with Crippen LogP contribution in [-0.4, -0.2) is 11.8 Å². The molecule has 2 amide bonds. The Morgan fingerprint density at radius 1 is 1.09 bits per heavy atom. The molecule has 3 rings (SSSR count). The van der Waals surface area contributed by atoms with E-state index in [2.05, 4.69) is 0 Å². The quantitative estimate of drug-likeness (QED) is 0.812. The summed E-state index contributed by atoms with van der Waals surface area (Å²) in [6, 6.07) is 15.2. The van der Waals surface area contributed by atoms with Crippen molar-refractivity contribution in [1.82, 2.24) is 0 Å². The van der Waals surface area contributed by atoms with Crippen LogP contribution in [0.15, 0.2) is 48.5 Å². The number of benzene rings is 2. The number of ether oxygens (including phenoxy) is 1. The van der Waals surface area contributed by atoms with Crippen LogP contribution in [0.3, 0.4) is 0 Å². The van der Waals surface area contributed by atoms with Gasteiger partial charge in [0.2, 0.25) is 11.8 Å². The van der Waals surface area contributed by atoms with Gasteiger partial charge in [0.05, 0.1) is 5.69 Å². The first-order chi connectivity index (χ1) is 11.1. The van der Waals surface area contributed by atoms with Gasteiger partial charge < -0.3 is 4.74 Å². The van der Waals surface area contributed by atoms with Crippen LogP contribution in [0.1, 0.15) is 24.5 Å². The summed E-state index contributed by atoms with van der Waals surface area (Å²) in [6.07, 6.45) is 0.270. The third kappa shape index (κ3) is 2.97. The van der Waals surface area contributed by atoms with Crippen molar-refractivity contribution >= 4 is 17.5 Å². The molecule has 2 aromatic rings. The number of para-hydroxylation sites is 2. The van der Waals surface area contributed by atoms with Gasteiger partial charge in [0.25, 0.3) is 0 Å². The Bertz CT molecular complexity index is 754. The summed E-state index contributed by atoms with van der Waals surface area (Å²) >= 11 is 0. The number of carbonyl (C=O) groups is 2. The summed E-state index contributed by atoms with van der Waals surface area (Å²) in [5, 5.41) is 0. The molecule has 0 aliphatic carbocycles. The van der Waals surface area contributed by atoms with E-state index >= 15 is 0 Å². The smallest absolute Gasteiger partial charge is 0.237 e. The number of carbonyl (C=O) groups excluding carboxylic acids is 2. The molecule has 1 atom stereocenters. The number of aryl methyl sites for hydroxylation is 1. The summed E-state index contributed by atoms with van der Waals surface area (Å²) < 4.78 is 5.87. The molecule has 1 unspecified atom stereocenters. The van der Waals surface area contributed by atoms with Crippen LogP contribution in [0.2, 0.25) is 0 Å². The van der Waals surface area contributed by atoms with Gasteiger partial charge >= 0.3 is 0 Å². The van der Waals surface area contributed by atoms with Gasteiger partial charge in [0, 0.05) is 17.9 Å². The second-order valence-corrected chi connectivity index (χ2v) is 5.86. The second kappa shape index (κ2) is 6.24. The number of nitrogens with zero attached hydrogens (tertiary/aromatic N) is 1. The van der Waals surface area contributed by atoms with Crippen LogP contribution in [0.5, 0.6) is 5.75 Å². The van der Waals surface area contributed by atoms with E-state index in [-0.39, 0.29) is 24.2 Å². The van der Waals surface area contributed by atoms with Crippen molar-refractivity contribution < 1.29 is 14.3 Å². The molecule has 2 aromatic carbocycles. The predicted molar refractivity (Wildman–Crippen MR) is 88.2 cm³/mol. The zero-order chi connectivity index (χ0) is 16.4. The number of hydrogen-bond acceptors (Lipinski definition) is 3. The molecular weight excluding hydrogens is 290 g/mol. The topological polar surface area (TPSA) is 46.6 Å². The lowest BCUT2D eigenvalue weighted by molar-refractivity contribution is -0.122. The van der Waals surface area contributed by atoms with Crippen molar-refractivity contribution in [3.05, 3.63) is 59.7 Å². The molecule has 1 saturated heterocycles. The van der Waals surface area contributed by atoms with Gasteiger partial charge in [-0.3, -0.25) is 9.59 Å². The molecule has 0 aromatic heterocycles. The number of imide groups is 1. The summed E-state index contributed by atoms with van der Waals surface area (Å²) in [5.74, 6) is 0.256. The minimum Gasteiger partial charge on any atom is -0.489 e. The highest BCUT2D eigenvalue weighted by Crippen LogP contribution is 2.30. The molecule has 118 valence electrons. The zero-order valence-corrected chi connectivity index (χ0v) is 13.3. The number of anilines is 1. The molecule has 4 heteroatoms.